The highest BCUT2D eigenvalue weighted by Crippen LogP contribution is 2.33. The van der Waals surface area contributed by atoms with E-state index in [4.69, 9.17) is 12.2 Å². The van der Waals surface area contributed by atoms with E-state index in [2.05, 4.69) is 6.92 Å². The van der Waals surface area contributed by atoms with Gasteiger partial charge < -0.3 is 4.90 Å². The molecule has 0 bridgehead atoms. The van der Waals surface area contributed by atoms with Crippen LogP contribution < -0.4 is 0 Å². The van der Waals surface area contributed by atoms with Crippen LogP contribution in [0.1, 0.15) is 50.2 Å². The summed E-state index contributed by atoms with van der Waals surface area (Å²) in [5.74, 6) is 0.0437. The van der Waals surface area contributed by atoms with Gasteiger partial charge in [-0.05, 0) is 44.2 Å². The molecule has 0 saturated carbocycles. The molecule has 6 heteroatoms. The SMILES string of the molecule is CC[C@H]1CCCCN1C(=O)CCN1C(=O)/C(=C/c2ccc(C)cc2)SC1=S. The molecule has 0 aliphatic carbocycles. The molecule has 0 radical (unpaired) electrons. The maximum atomic E-state index is 12.7. The number of amides is 2. The van der Waals surface area contributed by atoms with Gasteiger partial charge in [0.25, 0.3) is 5.91 Å². The number of carbonyl (C=O) groups excluding carboxylic acids is 2. The summed E-state index contributed by atoms with van der Waals surface area (Å²) in [7, 11) is 0. The molecule has 2 saturated heterocycles. The minimum absolute atomic E-state index is 0.0935. The van der Waals surface area contributed by atoms with Gasteiger partial charge >= 0.3 is 0 Å². The van der Waals surface area contributed by atoms with Crippen LogP contribution in [0.15, 0.2) is 29.2 Å². The number of benzene rings is 1. The highest BCUT2D eigenvalue weighted by Gasteiger charge is 2.33. The van der Waals surface area contributed by atoms with Crippen molar-refractivity contribution in [3.63, 3.8) is 0 Å². The number of piperidine rings is 1. The summed E-state index contributed by atoms with van der Waals surface area (Å²) in [6, 6.07) is 8.38. The summed E-state index contributed by atoms with van der Waals surface area (Å²) < 4.78 is 0.539. The Hall–Kier alpha value is -1.66. The lowest BCUT2D eigenvalue weighted by atomic mass is 9.99. The van der Waals surface area contributed by atoms with Crippen LogP contribution in [0.3, 0.4) is 0 Å². The smallest absolute Gasteiger partial charge is 0.266 e. The molecule has 2 heterocycles. The summed E-state index contributed by atoms with van der Waals surface area (Å²) in [5.41, 5.74) is 2.16. The van der Waals surface area contributed by atoms with Gasteiger partial charge in [0, 0.05) is 25.6 Å². The Balaban J connectivity index is 1.62. The van der Waals surface area contributed by atoms with Gasteiger partial charge in [0.15, 0.2) is 0 Å². The predicted molar refractivity (Wildman–Crippen MR) is 115 cm³/mol. The van der Waals surface area contributed by atoms with Crippen molar-refractivity contribution in [1.29, 1.82) is 0 Å². The monoisotopic (exact) mass is 402 g/mol. The minimum Gasteiger partial charge on any atom is -0.340 e. The van der Waals surface area contributed by atoms with Crippen molar-refractivity contribution in [1.82, 2.24) is 9.80 Å². The number of nitrogens with zero attached hydrogens (tertiary/aromatic N) is 2. The normalized spacial score (nSPS) is 22.0. The Morgan fingerprint density at radius 1 is 1.30 bits per heavy atom. The van der Waals surface area contributed by atoms with Crippen molar-refractivity contribution in [2.24, 2.45) is 0 Å². The molecule has 2 aliphatic heterocycles. The predicted octanol–water partition coefficient (Wildman–Crippen LogP) is 4.38. The van der Waals surface area contributed by atoms with E-state index in [1.165, 1.54) is 23.7 Å². The molecule has 2 aliphatic rings. The topological polar surface area (TPSA) is 40.6 Å². The Labute approximate surface area is 171 Å². The van der Waals surface area contributed by atoms with Gasteiger partial charge in [-0.2, -0.15) is 0 Å². The number of carbonyl (C=O) groups is 2. The molecule has 4 nitrogen and oxygen atoms in total. The van der Waals surface area contributed by atoms with Crippen LogP contribution in [-0.2, 0) is 9.59 Å². The van der Waals surface area contributed by atoms with E-state index in [1.54, 1.807) is 4.90 Å². The third-order valence-corrected chi connectivity index (χ3v) is 6.59. The van der Waals surface area contributed by atoms with Crippen molar-refractivity contribution in [3.8, 4) is 0 Å². The van der Waals surface area contributed by atoms with E-state index in [1.807, 2.05) is 42.2 Å². The van der Waals surface area contributed by atoms with Crippen LogP contribution >= 0.6 is 24.0 Å². The molecule has 0 N–H and O–H groups in total. The summed E-state index contributed by atoms with van der Waals surface area (Å²) in [5, 5.41) is 0. The number of rotatable bonds is 5. The number of aryl methyl sites for hydroxylation is 1. The second-order valence-corrected chi connectivity index (χ2v) is 8.81. The van der Waals surface area contributed by atoms with E-state index >= 15 is 0 Å². The van der Waals surface area contributed by atoms with Crippen molar-refractivity contribution in [3.05, 3.63) is 40.3 Å². The van der Waals surface area contributed by atoms with E-state index < -0.39 is 0 Å². The van der Waals surface area contributed by atoms with Gasteiger partial charge in [-0.25, -0.2) is 0 Å². The van der Waals surface area contributed by atoms with Crippen LogP contribution in [0.2, 0.25) is 0 Å². The number of thiocarbonyl (C=S) groups is 1. The quantitative estimate of drug-likeness (QED) is 0.541. The molecular weight excluding hydrogens is 376 g/mol. The lowest BCUT2D eigenvalue weighted by Crippen LogP contribution is -2.44. The standard InChI is InChI=1S/C21H26N2O2S2/c1-3-17-6-4-5-12-22(17)19(24)11-13-23-20(25)18(27-21(23)26)14-16-9-7-15(2)8-10-16/h7-10,14,17H,3-6,11-13H2,1-2H3/b18-14-/t17-/m0/s1. The Morgan fingerprint density at radius 2 is 2.04 bits per heavy atom. The largest absolute Gasteiger partial charge is 0.340 e. The number of thioether (sulfide) groups is 1. The average molecular weight is 403 g/mol. The van der Waals surface area contributed by atoms with Crippen molar-refractivity contribution in [2.75, 3.05) is 13.1 Å². The van der Waals surface area contributed by atoms with Crippen LogP contribution in [0.5, 0.6) is 0 Å². The van der Waals surface area contributed by atoms with Gasteiger partial charge in [-0.1, -0.05) is 60.7 Å². The maximum absolute atomic E-state index is 12.7. The second kappa shape index (κ2) is 9.02. The summed E-state index contributed by atoms with van der Waals surface area (Å²) in [6.07, 6.45) is 6.55. The van der Waals surface area contributed by atoms with E-state index in [0.717, 1.165) is 31.4 Å². The molecule has 27 heavy (non-hydrogen) atoms. The van der Waals surface area contributed by atoms with Crippen molar-refractivity contribution < 1.29 is 9.59 Å². The van der Waals surface area contributed by atoms with Crippen molar-refractivity contribution in [2.45, 2.75) is 52.0 Å². The van der Waals surface area contributed by atoms with Gasteiger partial charge in [-0.15, -0.1) is 0 Å². The van der Waals surface area contributed by atoms with Gasteiger partial charge in [-0.3, -0.25) is 14.5 Å². The second-order valence-electron chi connectivity index (χ2n) is 7.14. The number of hydrogen-bond donors (Lipinski definition) is 0. The first kappa shape index (κ1) is 20.1. The molecule has 0 spiro atoms. The molecule has 0 aromatic heterocycles. The third-order valence-electron chi connectivity index (χ3n) is 5.22. The zero-order chi connectivity index (χ0) is 19.4. The Bertz CT molecular complexity index is 758. The molecular formula is C21H26N2O2S2. The van der Waals surface area contributed by atoms with Gasteiger partial charge in [0.1, 0.15) is 4.32 Å². The van der Waals surface area contributed by atoms with Crippen LogP contribution in [0, 0.1) is 6.92 Å². The average Bonchev–Trinajstić information content (AvgIpc) is 2.94. The number of hydrogen-bond acceptors (Lipinski definition) is 4. The highest BCUT2D eigenvalue weighted by molar-refractivity contribution is 8.26. The number of likely N-dealkylation sites (tertiary alicyclic amines) is 1. The molecule has 0 unspecified atom stereocenters. The van der Waals surface area contributed by atoms with Crippen LogP contribution in [-0.4, -0.2) is 45.1 Å². The van der Waals surface area contributed by atoms with Gasteiger partial charge in [0.05, 0.1) is 4.91 Å². The fourth-order valence-electron chi connectivity index (χ4n) is 3.61. The van der Waals surface area contributed by atoms with E-state index in [0.29, 0.717) is 28.2 Å². The lowest BCUT2D eigenvalue weighted by molar-refractivity contribution is -0.135. The minimum atomic E-state index is -0.0935. The first-order valence-corrected chi connectivity index (χ1v) is 10.8. The van der Waals surface area contributed by atoms with E-state index in [-0.39, 0.29) is 11.8 Å². The van der Waals surface area contributed by atoms with Crippen molar-refractivity contribution >= 4 is 46.2 Å². The molecule has 144 valence electrons. The van der Waals surface area contributed by atoms with Crippen LogP contribution in [0.25, 0.3) is 6.08 Å². The van der Waals surface area contributed by atoms with E-state index in [9.17, 15) is 9.59 Å². The fourth-order valence-corrected chi connectivity index (χ4v) is 4.92. The maximum Gasteiger partial charge on any atom is 0.266 e. The molecule has 1 aromatic carbocycles. The third kappa shape index (κ3) is 4.79. The van der Waals surface area contributed by atoms with Crippen LogP contribution in [0.4, 0.5) is 0 Å². The highest BCUT2D eigenvalue weighted by atomic mass is 32.2. The molecule has 2 amide bonds. The summed E-state index contributed by atoms with van der Waals surface area (Å²) in [6.45, 7) is 5.37. The molecule has 2 fully saturated rings. The lowest BCUT2D eigenvalue weighted by Gasteiger charge is -2.35. The zero-order valence-corrected chi connectivity index (χ0v) is 17.6. The first-order chi connectivity index (χ1) is 13.0. The fraction of sp³-hybridized carbons (Fsp3) is 0.476. The zero-order valence-electron chi connectivity index (χ0n) is 15.9. The van der Waals surface area contributed by atoms with Gasteiger partial charge in [0.2, 0.25) is 5.91 Å². The summed E-state index contributed by atoms with van der Waals surface area (Å²) in [4.78, 5) is 29.6. The first-order valence-electron chi connectivity index (χ1n) is 9.61. The Kier molecular flexibility index (Phi) is 6.71. The summed E-state index contributed by atoms with van der Waals surface area (Å²) >= 11 is 6.71. The molecule has 1 atom stereocenters. The molecule has 3 rings (SSSR count). The Morgan fingerprint density at radius 3 is 2.74 bits per heavy atom. The molecule has 1 aromatic rings.